The molecule has 10 nitrogen and oxygen atoms in total. The molecule has 156 valence electrons. The quantitative estimate of drug-likeness (QED) is 0.515. The van der Waals surface area contributed by atoms with E-state index in [2.05, 4.69) is 25.6 Å². The van der Waals surface area contributed by atoms with Crippen molar-refractivity contribution in [2.24, 2.45) is 0 Å². The fourth-order valence-electron chi connectivity index (χ4n) is 3.43. The summed E-state index contributed by atoms with van der Waals surface area (Å²) in [5.74, 6) is 0.177. The van der Waals surface area contributed by atoms with E-state index < -0.39 is 5.91 Å². The second kappa shape index (κ2) is 8.64. The van der Waals surface area contributed by atoms with E-state index in [1.165, 1.54) is 12.4 Å². The highest BCUT2D eigenvalue weighted by atomic mass is 35.5. The number of fused-ring (bicyclic) bond motifs is 1. The maximum Gasteiger partial charge on any atom is 0.281 e. The second-order valence-corrected chi connectivity index (χ2v) is 7.19. The summed E-state index contributed by atoms with van der Waals surface area (Å²) in [6.07, 6.45) is 3.16. The van der Waals surface area contributed by atoms with Crippen LogP contribution in [0.4, 0.5) is 5.82 Å². The van der Waals surface area contributed by atoms with Crippen LogP contribution in [0.2, 0.25) is 5.02 Å². The number of nitrogens with two attached hydrogens (primary N) is 1. The molecule has 1 saturated heterocycles. The van der Waals surface area contributed by atoms with E-state index in [-0.39, 0.29) is 23.6 Å². The summed E-state index contributed by atoms with van der Waals surface area (Å²) in [4.78, 5) is 38.1. The number of hydrogen-bond acceptors (Lipinski definition) is 8. The lowest BCUT2D eigenvalue weighted by atomic mass is 10.2. The predicted molar refractivity (Wildman–Crippen MR) is 114 cm³/mol. The van der Waals surface area contributed by atoms with E-state index in [9.17, 15) is 9.59 Å². The van der Waals surface area contributed by atoms with Crippen LogP contribution < -0.4 is 26.9 Å². The first-order valence-corrected chi connectivity index (χ1v) is 9.95. The van der Waals surface area contributed by atoms with Crippen LogP contribution in [-0.2, 0) is 6.42 Å². The van der Waals surface area contributed by atoms with Gasteiger partial charge in [0.1, 0.15) is 5.82 Å². The highest BCUT2D eigenvalue weighted by Crippen LogP contribution is 2.19. The van der Waals surface area contributed by atoms with Gasteiger partial charge in [-0.05, 0) is 12.1 Å². The standard InChI is InChI=1S/C19H21ClN8O2/c20-12-2-1-3-13-15(12)19(30)28(27-10-8-22-9-11-27)14(26-13)4-5-25-18(29)16-17(21)24-7-6-23-16/h1-3,6-7,22H,4-5,8-11H2,(H2,21,24)(H,25,29). The maximum atomic E-state index is 13.3. The molecule has 1 aliphatic heterocycles. The number of halogens is 1. The van der Waals surface area contributed by atoms with Gasteiger partial charge in [-0.3, -0.25) is 9.59 Å². The summed E-state index contributed by atoms with van der Waals surface area (Å²) >= 11 is 6.29. The van der Waals surface area contributed by atoms with Gasteiger partial charge in [0.05, 0.1) is 15.9 Å². The monoisotopic (exact) mass is 428 g/mol. The number of aromatic nitrogens is 4. The Balaban J connectivity index is 1.63. The van der Waals surface area contributed by atoms with Crippen LogP contribution >= 0.6 is 11.6 Å². The van der Waals surface area contributed by atoms with Gasteiger partial charge in [-0.2, -0.15) is 0 Å². The molecule has 0 aliphatic carbocycles. The van der Waals surface area contributed by atoms with E-state index in [1.54, 1.807) is 22.9 Å². The molecule has 30 heavy (non-hydrogen) atoms. The molecule has 0 radical (unpaired) electrons. The highest BCUT2D eigenvalue weighted by molar-refractivity contribution is 6.35. The minimum absolute atomic E-state index is 0.0613. The van der Waals surface area contributed by atoms with Gasteiger partial charge in [0.2, 0.25) is 0 Å². The van der Waals surface area contributed by atoms with E-state index >= 15 is 0 Å². The number of rotatable bonds is 5. The van der Waals surface area contributed by atoms with E-state index in [4.69, 9.17) is 17.3 Å². The SMILES string of the molecule is Nc1nccnc1C(=O)NCCc1nc2cccc(Cl)c2c(=O)n1N1CCNCC1. The van der Waals surface area contributed by atoms with Gasteiger partial charge < -0.3 is 21.4 Å². The van der Waals surface area contributed by atoms with Crippen molar-refractivity contribution in [1.29, 1.82) is 0 Å². The first-order chi connectivity index (χ1) is 14.6. The summed E-state index contributed by atoms with van der Waals surface area (Å²) in [5, 5.41) is 8.74. The van der Waals surface area contributed by atoms with Gasteiger partial charge >= 0.3 is 0 Å². The van der Waals surface area contributed by atoms with Gasteiger partial charge in [-0.1, -0.05) is 17.7 Å². The van der Waals surface area contributed by atoms with E-state index in [0.717, 1.165) is 13.1 Å². The number of anilines is 1. The summed E-state index contributed by atoms with van der Waals surface area (Å²) in [6, 6.07) is 5.20. The topological polar surface area (TPSA) is 131 Å². The van der Waals surface area contributed by atoms with E-state index in [1.807, 2.05) is 5.01 Å². The molecule has 1 amide bonds. The Morgan fingerprint density at radius 2 is 2.00 bits per heavy atom. The Morgan fingerprint density at radius 3 is 2.77 bits per heavy atom. The Labute approximate surface area is 177 Å². The lowest BCUT2D eigenvalue weighted by molar-refractivity contribution is 0.0949. The number of nitrogens with zero attached hydrogens (tertiary/aromatic N) is 5. The number of benzene rings is 1. The van der Waals surface area contributed by atoms with Gasteiger partial charge in [0.15, 0.2) is 11.5 Å². The molecule has 3 heterocycles. The average Bonchev–Trinajstić information content (AvgIpc) is 2.74. The molecular formula is C19H21ClN8O2. The van der Waals surface area contributed by atoms with Crippen molar-refractivity contribution >= 4 is 34.2 Å². The molecule has 3 aromatic rings. The molecular weight excluding hydrogens is 408 g/mol. The summed E-state index contributed by atoms with van der Waals surface area (Å²) in [7, 11) is 0. The first-order valence-electron chi connectivity index (χ1n) is 9.57. The van der Waals surface area contributed by atoms with Crippen LogP contribution in [0.1, 0.15) is 16.3 Å². The minimum atomic E-state index is -0.430. The molecule has 0 unspecified atom stereocenters. The van der Waals surface area contributed by atoms with Crippen LogP contribution in [-0.4, -0.2) is 58.3 Å². The number of carbonyl (C=O) groups is 1. The number of nitrogens with one attached hydrogen (secondary N) is 2. The molecule has 4 N–H and O–H groups in total. The Hall–Kier alpha value is -3.24. The van der Waals surface area contributed by atoms with Crippen molar-refractivity contribution in [3.05, 3.63) is 57.5 Å². The zero-order valence-corrected chi connectivity index (χ0v) is 16.9. The fourth-order valence-corrected chi connectivity index (χ4v) is 3.68. The highest BCUT2D eigenvalue weighted by Gasteiger charge is 2.20. The van der Waals surface area contributed by atoms with Gasteiger partial charge in [-0.25, -0.2) is 19.6 Å². The van der Waals surface area contributed by atoms with Crippen LogP contribution in [0.3, 0.4) is 0 Å². The van der Waals surface area contributed by atoms with Crippen molar-refractivity contribution in [2.45, 2.75) is 6.42 Å². The third-order valence-corrected chi connectivity index (χ3v) is 5.16. The fraction of sp³-hybridized carbons (Fsp3) is 0.316. The zero-order chi connectivity index (χ0) is 21.1. The smallest absolute Gasteiger partial charge is 0.281 e. The molecule has 0 saturated carbocycles. The molecule has 4 rings (SSSR count). The number of hydrogen-bond donors (Lipinski definition) is 3. The molecule has 2 aromatic heterocycles. The summed E-state index contributed by atoms with van der Waals surface area (Å²) in [6.45, 7) is 3.09. The Bertz CT molecular complexity index is 1140. The lowest BCUT2D eigenvalue weighted by Crippen LogP contribution is -2.54. The molecule has 11 heteroatoms. The van der Waals surface area contributed by atoms with Crippen LogP contribution in [0.15, 0.2) is 35.4 Å². The molecule has 1 aliphatic rings. The van der Waals surface area contributed by atoms with Gasteiger partial charge in [0, 0.05) is 51.5 Å². The Kier molecular flexibility index (Phi) is 5.77. The van der Waals surface area contributed by atoms with E-state index in [0.29, 0.717) is 41.3 Å². The average molecular weight is 429 g/mol. The van der Waals surface area contributed by atoms with Crippen molar-refractivity contribution in [1.82, 2.24) is 30.3 Å². The summed E-state index contributed by atoms with van der Waals surface area (Å²) in [5.41, 5.74) is 6.08. The number of piperazine rings is 1. The third kappa shape index (κ3) is 3.91. The minimum Gasteiger partial charge on any atom is -0.382 e. The van der Waals surface area contributed by atoms with Crippen LogP contribution in [0.5, 0.6) is 0 Å². The van der Waals surface area contributed by atoms with Gasteiger partial charge in [-0.15, -0.1) is 0 Å². The maximum absolute atomic E-state index is 13.3. The predicted octanol–water partition coefficient (Wildman–Crippen LogP) is -0.0642. The van der Waals surface area contributed by atoms with Crippen molar-refractivity contribution in [3.63, 3.8) is 0 Å². The van der Waals surface area contributed by atoms with Crippen molar-refractivity contribution in [2.75, 3.05) is 43.5 Å². The van der Waals surface area contributed by atoms with Crippen LogP contribution in [0, 0.1) is 0 Å². The molecule has 1 aromatic carbocycles. The van der Waals surface area contributed by atoms with Crippen molar-refractivity contribution in [3.8, 4) is 0 Å². The zero-order valence-electron chi connectivity index (χ0n) is 16.1. The van der Waals surface area contributed by atoms with Crippen LogP contribution in [0.25, 0.3) is 10.9 Å². The molecule has 1 fully saturated rings. The number of carbonyl (C=O) groups excluding carboxylic acids is 1. The number of amides is 1. The van der Waals surface area contributed by atoms with Gasteiger partial charge in [0.25, 0.3) is 11.5 Å². The largest absolute Gasteiger partial charge is 0.382 e. The second-order valence-electron chi connectivity index (χ2n) is 6.78. The third-order valence-electron chi connectivity index (χ3n) is 4.84. The normalized spacial score (nSPS) is 14.1. The lowest BCUT2D eigenvalue weighted by Gasteiger charge is -2.32. The molecule has 0 spiro atoms. The summed E-state index contributed by atoms with van der Waals surface area (Å²) < 4.78 is 1.58. The Morgan fingerprint density at radius 1 is 1.23 bits per heavy atom. The first kappa shape index (κ1) is 20.0. The van der Waals surface area contributed by atoms with Crippen molar-refractivity contribution < 1.29 is 4.79 Å². The molecule has 0 bridgehead atoms. The number of nitrogen functional groups attached to an aromatic ring is 1. The molecule has 0 atom stereocenters.